The summed E-state index contributed by atoms with van der Waals surface area (Å²) in [6.45, 7) is 4.62. The molecule has 0 bridgehead atoms. The van der Waals surface area contributed by atoms with Gasteiger partial charge in [0, 0.05) is 9.58 Å². The smallest absolute Gasteiger partial charge is 0.0352 e. The van der Waals surface area contributed by atoms with Crippen molar-refractivity contribution < 1.29 is 0 Å². The zero-order valence-corrected chi connectivity index (χ0v) is 11.3. The van der Waals surface area contributed by atoms with Crippen LogP contribution in [0.3, 0.4) is 0 Å². The highest BCUT2D eigenvalue weighted by Gasteiger charge is 2.16. The summed E-state index contributed by atoms with van der Waals surface area (Å²) in [6.07, 6.45) is 6.32. The Morgan fingerprint density at radius 1 is 1.24 bits per heavy atom. The normalized spacial score (nSPS) is 20.6. The van der Waals surface area contributed by atoms with Gasteiger partial charge in [0.05, 0.1) is 0 Å². The predicted octanol–water partition coefficient (Wildman–Crippen LogP) is 5.41. The standard InChI is InChI=1S/C16H18S/c1-11-7-9-13(10-8-11)16-12(2)14-5-3-4-6-15(14)17-16/h3-6,9,11H,7-8,10H2,1-2H3. The molecule has 17 heavy (non-hydrogen) atoms. The second-order valence-corrected chi connectivity index (χ2v) is 6.21. The molecule has 0 N–H and O–H groups in total. The van der Waals surface area contributed by atoms with Crippen molar-refractivity contribution in [1.29, 1.82) is 0 Å². The summed E-state index contributed by atoms with van der Waals surface area (Å²) >= 11 is 1.96. The average Bonchev–Trinajstić information content (AvgIpc) is 2.69. The zero-order chi connectivity index (χ0) is 11.8. The second-order valence-electron chi connectivity index (χ2n) is 5.16. The second kappa shape index (κ2) is 4.30. The minimum Gasteiger partial charge on any atom is -0.135 e. The van der Waals surface area contributed by atoms with E-state index >= 15 is 0 Å². The number of rotatable bonds is 1. The first-order valence-electron chi connectivity index (χ1n) is 6.43. The van der Waals surface area contributed by atoms with Gasteiger partial charge in [-0.05, 0) is 54.7 Å². The van der Waals surface area contributed by atoms with Crippen LogP contribution in [-0.4, -0.2) is 0 Å². The maximum absolute atomic E-state index is 2.46. The van der Waals surface area contributed by atoms with Crippen LogP contribution in [0.5, 0.6) is 0 Å². The van der Waals surface area contributed by atoms with Gasteiger partial charge in [0.25, 0.3) is 0 Å². The molecule has 0 spiro atoms. The van der Waals surface area contributed by atoms with Gasteiger partial charge in [-0.2, -0.15) is 0 Å². The SMILES string of the molecule is Cc1c(C2=CCC(C)CC2)sc2ccccc12. The fourth-order valence-electron chi connectivity index (χ4n) is 2.65. The molecule has 1 aromatic carbocycles. The van der Waals surface area contributed by atoms with Crippen molar-refractivity contribution in [3.8, 4) is 0 Å². The van der Waals surface area contributed by atoms with Crippen LogP contribution in [-0.2, 0) is 0 Å². The lowest BCUT2D eigenvalue weighted by Crippen LogP contribution is -2.00. The molecule has 0 radical (unpaired) electrons. The van der Waals surface area contributed by atoms with Gasteiger partial charge in [-0.3, -0.25) is 0 Å². The maximum Gasteiger partial charge on any atom is 0.0352 e. The van der Waals surface area contributed by atoms with Crippen LogP contribution in [0, 0.1) is 12.8 Å². The van der Waals surface area contributed by atoms with Crippen molar-refractivity contribution in [2.24, 2.45) is 5.92 Å². The molecule has 1 heterocycles. The Kier molecular flexibility index (Phi) is 2.79. The van der Waals surface area contributed by atoms with Gasteiger partial charge in [0.15, 0.2) is 0 Å². The number of allylic oxidation sites excluding steroid dienone is 2. The monoisotopic (exact) mass is 242 g/mol. The topological polar surface area (TPSA) is 0 Å². The van der Waals surface area contributed by atoms with Crippen molar-refractivity contribution in [2.75, 3.05) is 0 Å². The van der Waals surface area contributed by atoms with Crippen molar-refractivity contribution in [3.63, 3.8) is 0 Å². The molecule has 2 aromatic rings. The molecule has 0 saturated carbocycles. The molecule has 1 atom stereocenters. The Labute approximate surface area is 107 Å². The van der Waals surface area contributed by atoms with Gasteiger partial charge in [-0.1, -0.05) is 31.2 Å². The molecule has 88 valence electrons. The summed E-state index contributed by atoms with van der Waals surface area (Å²) in [5, 5.41) is 1.44. The van der Waals surface area contributed by atoms with E-state index in [1.807, 2.05) is 11.3 Å². The molecule has 1 unspecified atom stereocenters. The van der Waals surface area contributed by atoms with Crippen LogP contribution < -0.4 is 0 Å². The fourth-order valence-corrected chi connectivity index (χ4v) is 3.93. The van der Waals surface area contributed by atoms with Gasteiger partial charge >= 0.3 is 0 Å². The number of benzene rings is 1. The summed E-state index contributed by atoms with van der Waals surface area (Å²) in [4.78, 5) is 1.53. The summed E-state index contributed by atoms with van der Waals surface area (Å²) in [7, 11) is 0. The third kappa shape index (κ3) is 1.93. The number of fused-ring (bicyclic) bond motifs is 1. The molecule has 1 aliphatic carbocycles. The predicted molar refractivity (Wildman–Crippen MR) is 77.6 cm³/mol. The van der Waals surface area contributed by atoms with E-state index in [2.05, 4.69) is 44.2 Å². The van der Waals surface area contributed by atoms with Crippen molar-refractivity contribution >= 4 is 27.0 Å². The first kappa shape index (κ1) is 11.0. The maximum atomic E-state index is 2.46. The minimum atomic E-state index is 0.869. The van der Waals surface area contributed by atoms with E-state index in [0.29, 0.717) is 0 Å². The quantitative estimate of drug-likeness (QED) is 0.627. The summed E-state index contributed by atoms with van der Waals surface area (Å²) in [5.41, 5.74) is 3.06. The summed E-state index contributed by atoms with van der Waals surface area (Å²) in [6, 6.07) is 8.77. The molecule has 3 rings (SSSR count). The molecule has 0 fully saturated rings. The van der Waals surface area contributed by atoms with Crippen molar-refractivity contribution in [1.82, 2.24) is 0 Å². The highest BCUT2D eigenvalue weighted by Crippen LogP contribution is 2.39. The lowest BCUT2D eigenvalue weighted by molar-refractivity contribution is 0.534. The number of aryl methyl sites for hydroxylation is 1. The molecule has 1 heteroatoms. The van der Waals surface area contributed by atoms with E-state index in [1.54, 1.807) is 5.57 Å². The highest BCUT2D eigenvalue weighted by molar-refractivity contribution is 7.20. The van der Waals surface area contributed by atoms with E-state index in [-0.39, 0.29) is 0 Å². The van der Waals surface area contributed by atoms with Crippen LogP contribution in [0.25, 0.3) is 15.7 Å². The minimum absolute atomic E-state index is 0.869. The lowest BCUT2D eigenvalue weighted by Gasteiger charge is -2.17. The molecule has 0 nitrogen and oxygen atoms in total. The van der Waals surface area contributed by atoms with Crippen LogP contribution >= 0.6 is 11.3 Å². The Balaban J connectivity index is 2.09. The first-order valence-corrected chi connectivity index (χ1v) is 7.25. The van der Waals surface area contributed by atoms with Crippen LogP contribution in [0.1, 0.15) is 36.6 Å². The third-order valence-corrected chi connectivity index (χ3v) is 5.16. The van der Waals surface area contributed by atoms with Gasteiger partial charge in [-0.15, -0.1) is 11.3 Å². The van der Waals surface area contributed by atoms with E-state index in [4.69, 9.17) is 0 Å². The molecule has 0 saturated heterocycles. The summed E-state index contributed by atoms with van der Waals surface area (Å²) in [5.74, 6) is 0.869. The van der Waals surface area contributed by atoms with Gasteiger partial charge in [-0.25, -0.2) is 0 Å². The molecular weight excluding hydrogens is 224 g/mol. The van der Waals surface area contributed by atoms with E-state index in [9.17, 15) is 0 Å². The van der Waals surface area contributed by atoms with E-state index in [0.717, 1.165) is 5.92 Å². The third-order valence-electron chi connectivity index (χ3n) is 3.81. The molecule has 1 aliphatic rings. The van der Waals surface area contributed by atoms with Crippen LogP contribution in [0.2, 0.25) is 0 Å². The fraction of sp³-hybridized carbons (Fsp3) is 0.375. The van der Waals surface area contributed by atoms with Gasteiger partial charge in [0.1, 0.15) is 0 Å². The molecular formula is C16H18S. The number of thiophene rings is 1. The van der Waals surface area contributed by atoms with Crippen LogP contribution in [0.15, 0.2) is 30.3 Å². The van der Waals surface area contributed by atoms with Crippen molar-refractivity contribution in [2.45, 2.75) is 33.1 Å². The Bertz CT molecular complexity index is 574. The Morgan fingerprint density at radius 2 is 2.06 bits per heavy atom. The lowest BCUT2D eigenvalue weighted by atomic mass is 9.89. The van der Waals surface area contributed by atoms with Gasteiger partial charge in [0.2, 0.25) is 0 Å². The summed E-state index contributed by atoms with van der Waals surface area (Å²) < 4.78 is 1.43. The first-order chi connectivity index (χ1) is 8.25. The van der Waals surface area contributed by atoms with E-state index < -0.39 is 0 Å². The molecule has 0 amide bonds. The largest absolute Gasteiger partial charge is 0.135 e. The average molecular weight is 242 g/mol. The van der Waals surface area contributed by atoms with Gasteiger partial charge < -0.3 is 0 Å². The molecule has 0 aliphatic heterocycles. The van der Waals surface area contributed by atoms with E-state index in [1.165, 1.54) is 39.8 Å². The molecule has 1 aromatic heterocycles. The van der Waals surface area contributed by atoms with Crippen LogP contribution in [0.4, 0.5) is 0 Å². The Hall–Kier alpha value is -1.08. The number of hydrogen-bond acceptors (Lipinski definition) is 1. The zero-order valence-electron chi connectivity index (χ0n) is 10.5. The Morgan fingerprint density at radius 3 is 2.76 bits per heavy atom. The van der Waals surface area contributed by atoms with Crippen molar-refractivity contribution in [3.05, 3.63) is 40.8 Å². The highest BCUT2D eigenvalue weighted by atomic mass is 32.1. The number of hydrogen-bond donors (Lipinski definition) is 0.